The van der Waals surface area contributed by atoms with E-state index in [0.29, 0.717) is 0 Å². The lowest BCUT2D eigenvalue weighted by Gasteiger charge is -2.12. The molecule has 0 fully saturated rings. The molecule has 102 valence electrons. The molecule has 1 aromatic heterocycles. The van der Waals surface area contributed by atoms with Gasteiger partial charge in [-0.05, 0) is 36.6 Å². The van der Waals surface area contributed by atoms with Crippen molar-refractivity contribution in [3.63, 3.8) is 0 Å². The number of fused-ring (bicyclic) bond motifs is 2. The van der Waals surface area contributed by atoms with Crippen LogP contribution in [-0.4, -0.2) is 4.98 Å². The maximum Gasteiger partial charge on any atom is 0.0733 e. The van der Waals surface area contributed by atoms with Crippen molar-refractivity contribution >= 4 is 27.5 Å². The molecule has 0 atom stereocenters. The lowest BCUT2D eigenvalue weighted by atomic mass is 9.97. The summed E-state index contributed by atoms with van der Waals surface area (Å²) in [7, 11) is 0. The predicted molar refractivity (Wildman–Crippen MR) is 86.9 cm³/mol. The summed E-state index contributed by atoms with van der Waals surface area (Å²) in [5, 5.41) is 2.39. The first kappa shape index (κ1) is 12.9. The number of nitrogens with zero attached hydrogens (tertiary/aromatic N) is 1. The number of unbranched alkanes of at least 4 members (excludes halogenated alkanes) is 2. The van der Waals surface area contributed by atoms with E-state index in [1.807, 2.05) is 18.2 Å². The first-order chi connectivity index (χ1) is 9.81. The van der Waals surface area contributed by atoms with Crippen molar-refractivity contribution in [1.82, 2.24) is 4.98 Å². The molecule has 3 aromatic rings. The number of aryl methyl sites for hydroxylation is 1. The number of para-hydroxylation sites is 1. The van der Waals surface area contributed by atoms with Gasteiger partial charge >= 0.3 is 0 Å². The van der Waals surface area contributed by atoms with Gasteiger partial charge in [0.1, 0.15) is 0 Å². The smallest absolute Gasteiger partial charge is 0.0733 e. The Bertz CT molecular complexity index is 747. The van der Waals surface area contributed by atoms with Gasteiger partial charge in [0.05, 0.1) is 11.0 Å². The molecule has 1 heterocycles. The van der Waals surface area contributed by atoms with Crippen LogP contribution in [0.3, 0.4) is 0 Å². The number of rotatable bonds is 4. The largest absolute Gasteiger partial charge is 0.398 e. The van der Waals surface area contributed by atoms with E-state index in [0.717, 1.165) is 28.5 Å². The van der Waals surface area contributed by atoms with Crippen LogP contribution in [0.2, 0.25) is 0 Å². The maximum atomic E-state index is 6.21. The molecule has 2 heteroatoms. The third-order valence-corrected chi connectivity index (χ3v) is 3.88. The Morgan fingerprint density at radius 2 is 1.75 bits per heavy atom. The first-order valence-electron chi connectivity index (χ1n) is 7.37. The van der Waals surface area contributed by atoms with Crippen LogP contribution < -0.4 is 5.73 Å². The molecule has 0 aliphatic heterocycles. The summed E-state index contributed by atoms with van der Waals surface area (Å²) in [6.07, 6.45) is 4.76. The summed E-state index contributed by atoms with van der Waals surface area (Å²) < 4.78 is 0. The van der Waals surface area contributed by atoms with Crippen molar-refractivity contribution in [3.8, 4) is 0 Å². The van der Waals surface area contributed by atoms with Crippen LogP contribution in [0, 0.1) is 0 Å². The Balaban J connectivity index is 2.27. The minimum absolute atomic E-state index is 0.840. The van der Waals surface area contributed by atoms with Crippen LogP contribution in [0.5, 0.6) is 0 Å². The van der Waals surface area contributed by atoms with Gasteiger partial charge in [-0.1, -0.05) is 44.0 Å². The third-order valence-electron chi connectivity index (χ3n) is 3.88. The Morgan fingerprint density at radius 3 is 2.60 bits per heavy atom. The molecule has 2 aromatic carbocycles. The quantitative estimate of drug-likeness (QED) is 0.421. The minimum Gasteiger partial charge on any atom is -0.398 e. The molecule has 3 rings (SSSR count). The van der Waals surface area contributed by atoms with Crippen LogP contribution in [0.25, 0.3) is 21.8 Å². The lowest BCUT2D eigenvalue weighted by Crippen LogP contribution is -1.97. The average molecular weight is 264 g/mol. The fourth-order valence-corrected chi connectivity index (χ4v) is 2.88. The number of benzene rings is 2. The summed E-state index contributed by atoms with van der Waals surface area (Å²) in [5.41, 5.74) is 10.5. The summed E-state index contributed by atoms with van der Waals surface area (Å²) >= 11 is 0. The van der Waals surface area contributed by atoms with Crippen molar-refractivity contribution in [3.05, 3.63) is 48.0 Å². The zero-order valence-corrected chi connectivity index (χ0v) is 11.9. The highest BCUT2D eigenvalue weighted by molar-refractivity contribution is 6.02. The Morgan fingerprint density at radius 1 is 0.950 bits per heavy atom. The molecule has 0 saturated carbocycles. The summed E-state index contributed by atoms with van der Waals surface area (Å²) in [4.78, 5) is 4.75. The van der Waals surface area contributed by atoms with Gasteiger partial charge in [-0.15, -0.1) is 0 Å². The monoisotopic (exact) mass is 264 g/mol. The normalized spacial score (nSPS) is 11.2. The molecule has 0 amide bonds. The molecule has 2 nitrogen and oxygen atoms in total. The van der Waals surface area contributed by atoms with Crippen LogP contribution in [0.4, 0.5) is 5.69 Å². The summed E-state index contributed by atoms with van der Waals surface area (Å²) in [6.45, 7) is 2.23. The van der Waals surface area contributed by atoms with Crippen molar-refractivity contribution in [2.75, 3.05) is 5.73 Å². The van der Waals surface area contributed by atoms with E-state index >= 15 is 0 Å². The van der Waals surface area contributed by atoms with E-state index in [1.165, 1.54) is 30.2 Å². The molecule has 0 spiro atoms. The number of nitrogen functional groups attached to an aromatic ring is 1. The van der Waals surface area contributed by atoms with E-state index in [-0.39, 0.29) is 0 Å². The molecule has 0 saturated heterocycles. The first-order valence-corrected chi connectivity index (χ1v) is 7.37. The number of pyridine rings is 1. The highest BCUT2D eigenvalue weighted by Gasteiger charge is 2.10. The fraction of sp³-hybridized carbons (Fsp3) is 0.278. The van der Waals surface area contributed by atoms with Crippen molar-refractivity contribution in [2.24, 2.45) is 0 Å². The highest BCUT2D eigenvalue weighted by Crippen LogP contribution is 2.31. The number of nitrogens with two attached hydrogens (primary N) is 1. The topological polar surface area (TPSA) is 38.9 Å². The summed E-state index contributed by atoms with van der Waals surface area (Å²) in [5.74, 6) is 0. The maximum absolute atomic E-state index is 6.21. The molecular formula is C18H20N2. The van der Waals surface area contributed by atoms with Crippen LogP contribution in [-0.2, 0) is 6.42 Å². The van der Waals surface area contributed by atoms with E-state index < -0.39 is 0 Å². The van der Waals surface area contributed by atoms with E-state index in [2.05, 4.69) is 31.2 Å². The van der Waals surface area contributed by atoms with Crippen LogP contribution in [0.1, 0.15) is 31.7 Å². The standard InChI is InChI=1S/C18H20N2/c1-2-3-4-9-14-13-8-5-6-11-16(13)20-17-12-7-10-15(19)18(14)17/h5-8,10-12H,2-4,9,19H2,1H3. The van der Waals surface area contributed by atoms with Gasteiger partial charge in [0.15, 0.2) is 0 Å². The molecule has 0 aliphatic carbocycles. The fourth-order valence-electron chi connectivity index (χ4n) is 2.88. The van der Waals surface area contributed by atoms with Gasteiger partial charge in [0, 0.05) is 16.5 Å². The van der Waals surface area contributed by atoms with Gasteiger partial charge in [0.2, 0.25) is 0 Å². The third kappa shape index (κ3) is 2.22. The van der Waals surface area contributed by atoms with E-state index in [4.69, 9.17) is 10.7 Å². The molecular weight excluding hydrogens is 244 g/mol. The molecule has 0 aliphatic rings. The number of anilines is 1. The van der Waals surface area contributed by atoms with Crippen molar-refractivity contribution in [2.45, 2.75) is 32.6 Å². The zero-order valence-electron chi connectivity index (χ0n) is 11.9. The highest BCUT2D eigenvalue weighted by atomic mass is 14.7. The molecule has 0 radical (unpaired) electrons. The van der Waals surface area contributed by atoms with Gasteiger partial charge in [-0.2, -0.15) is 0 Å². The van der Waals surface area contributed by atoms with Crippen molar-refractivity contribution in [1.29, 1.82) is 0 Å². The summed E-state index contributed by atoms with van der Waals surface area (Å²) in [6, 6.07) is 14.4. The molecule has 0 bridgehead atoms. The van der Waals surface area contributed by atoms with Crippen LogP contribution in [0.15, 0.2) is 42.5 Å². The zero-order chi connectivity index (χ0) is 13.9. The number of hydrogen-bond acceptors (Lipinski definition) is 2. The number of hydrogen-bond donors (Lipinski definition) is 1. The van der Waals surface area contributed by atoms with Gasteiger partial charge in [-0.3, -0.25) is 0 Å². The van der Waals surface area contributed by atoms with Gasteiger partial charge < -0.3 is 5.73 Å². The van der Waals surface area contributed by atoms with E-state index in [1.54, 1.807) is 0 Å². The molecule has 20 heavy (non-hydrogen) atoms. The number of aromatic nitrogens is 1. The van der Waals surface area contributed by atoms with Gasteiger partial charge in [0.25, 0.3) is 0 Å². The Labute approximate surface area is 119 Å². The van der Waals surface area contributed by atoms with E-state index in [9.17, 15) is 0 Å². The predicted octanol–water partition coefficient (Wildman–Crippen LogP) is 4.70. The average Bonchev–Trinajstić information content (AvgIpc) is 2.47. The second-order valence-corrected chi connectivity index (χ2v) is 5.31. The molecule has 0 unspecified atom stereocenters. The van der Waals surface area contributed by atoms with Gasteiger partial charge in [-0.25, -0.2) is 4.98 Å². The van der Waals surface area contributed by atoms with Crippen molar-refractivity contribution < 1.29 is 0 Å². The second-order valence-electron chi connectivity index (χ2n) is 5.31. The van der Waals surface area contributed by atoms with Crippen LogP contribution >= 0.6 is 0 Å². The second kappa shape index (κ2) is 5.49. The minimum atomic E-state index is 0.840. The lowest BCUT2D eigenvalue weighted by molar-refractivity contribution is 0.721. The molecule has 2 N–H and O–H groups in total. The SMILES string of the molecule is CCCCCc1c2ccccc2nc2cccc(N)c12. The Kier molecular flexibility index (Phi) is 3.55. The Hall–Kier alpha value is -2.09.